The van der Waals surface area contributed by atoms with Crippen molar-refractivity contribution in [3.63, 3.8) is 0 Å². The minimum atomic E-state index is -1.41. The highest BCUT2D eigenvalue weighted by Crippen LogP contribution is 2.41. The van der Waals surface area contributed by atoms with Crippen molar-refractivity contribution in [2.75, 3.05) is 0 Å². The second kappa shape index (κ2) is 5.03. The number of hydrogen-bond donors (Lipinski definition) is 3. The number of rotatable bonds is 1. The van der Waals surface area contributed by atoms with E-state index in [2.05, 4.69) is 0 Å². The van der Waals surface area contributed by atoms with Gasteiger partial charge in [-0.05, 0) is 30.5 Å². The molecule has 0 aliphatic carbocycles. The van der Waals surface area contributed by atoms with Gasteiger partial charge in [0.05, 0.1) is 0 Å². The predicted molar refractivity (Wildman–Crippen MR) is 79.4 cm³/mol. The SMILES string of the molecule is Cc1ccc(C2Oc3cc(O)cc(O)c3C(=O)C2O)cc1C. The fraction of sp³-hybridized carbons (Fsp3) is 0.235. The van der Waals surface area contributed by atoms with Gasteiger partial charge in [0, 0.05) is 12.1 Å². The normalized spacial score (nSPS) is 20.4. The molecule has 0 saturated carbocycles. The van der Waals surface area contributed by atoms with Gasteiger partial charge in [0.2, 0.25) is 5.78 Å². The number of ether oxygens (including phenoxy) is 1. The van der Waals surface area contributed by atoms with Crippen molar-refractivity contribution in [2.45, 2.75) is 26.1 Å². The Bertz CT molecular complexity index is 766. The highest BCUT2D eigenvalue weighted by atomic mass is 16.5. The van der Waals surface area contributed by atoms with Crippen molar-refractivity contribution in [3.8, 4) is 17.2 Å². The molecule has 0 fully saturated rings. The number of carbonyl (C=O) groups is 1. The van der Waals surface area contributed by atoms with Gasteiger partial charge in [0.15, 0.2) is 12.2 Å². The molecule has 2 aromatic carbocycles. The summed E-state index contributed by atoms with van der Waals surface area (Å²) >= 11 is 0. The zero-order valence-electron chi connectivity index (χ0n) is 12.2. The number of aliphatic hydroxyl groups excluding tert-OH is 1. The second-order valence-corrected chi connectivity index (χ2v) is 5.53. The maximum absolute atomic E-state index is 12.3. The number of aryl methyl sites for hydroxylation is 2. The lowest BCUT2D eigenvalue weighted by Crippen LogP contribution is -2.36. The fourth-order valence-electron chi connectivity index (χ4n) is 2.61. The first-order valence-corrected chi connectivity index (χ1v) is 6.90. The van der Waals surface area contributed by atoms with Crippen LogP contribution in [0.3, 0.4) is 0 Å². The Labute approximate surface area is 127 Å². The summed E-state index contributed by atoms with van der Waals surface area (Å²) in [6, 6.07) is 7.83. The molecule has 2 atom stereocenters. The average Bonchev–Trinajstić information content (AvgIpc) is 2.45. The molecule has 5 nitrogen and oxygen atoms in total. The molecule has 1 heterocycles. The zero-order valence-corrected chi connectivity index (χ0v) is 12.2. The number of carbonyl (C=O) groups excluding carboxylic acids is 1. The summed E-state index contributed by atoms with van der Waals surface area (Å²) in [5.41, 5.74) is 2.67. The maximum Gasteiger partial charge on any atom is 0.202 e. The van der Waals surface area contributed by atoms with Crippen LogP contribution in [0, 0.1) is 13.8 Å². The first kappa shape index (κ1) is 14.4. The average molecular weight is 300 g/mol. The fourth-order valence-corrected chi connectivity index (χ4v) is 2.61. The van der Waals surface area contributed by atoms with Crippen LogP contribution in [-0.4, -0.2) is 27.2 Å². The first-order valence-electron chi connectivity index (χ1n) is 6.90. The van der Waals surface area contributed by atoms with E-state index < -0.39 is 23.7 Å². The number of phenolic OH excluding ortho intramolecular Hbond substituents is 2. The molecule has 2 unspecified atom stereocenters. The molecule has 5 heteroatoms. The minimum absolute atomic E-state index is 0.0658. The third-order valence-corrected chi connectivity index (χ3v) is 3.98. The van der Waals surface area contributed by atoms with Gasteiger partial charge in [-0.3, -0.25) is 4.79 Å². The smallest absolute Gasteiger partial charge is 0.202 e. The van der Waals surface area contributed by atoms with E-state index in [1.165, 1.54) is 6.07 Å². The Kier molecular flexibility index (Phi) is 3.30. The van der Waals surface area contributed by atoms with Crippen LogP contribution in [0.25, 0.3) is 0 Å². The molecule has 0 aromatic heterocycles. The van der Waals surface area contributed by atoms with Gasteiger partial charge in [0.1, 0.15) is 22.8 Å². The summed E-state index contributed by atoms with van der Waals surface area (Å²) < 4.78 is 5.67. The molecule has 1 aliphatic heterocycles. The van der Waals surface area contributed by atoms with Gasteiger partial charge in [-0.1, -0.05) is 18.2 Å². The summed E-state index contributed by atoms with van der Waals surface area (Å²) in [6.07, 6.45) is -2.29. The quantitative estimate of drug-likeness (QED) is 0.752. The summed E-state index contributed by atoms with van der Waals surface area (Å²) in [7, 11) is 0. The summed E-state index contributed by atoms with van der Waals surface area (Å²) in [5, 5.41) is 29.6. The molecule has 114 valence electrons. The van der Waals surface area contributed by atoms with E-state index in [9.17, 15) is 20.1 Å². The van der Waals surface area contributed by atoms with E-state index in [4.69, 9.17) is 4.74 Å². The second-order valence-electron chi connectivity index (χ2n) is 5.53. The van der Waals surface area contributed by atoms with Gasteiger partial charge in [-0.25, -0.2) is 0 Å². The standard InChI is InChI=1S/C17H16O5/c1-8-3-4-10(5-9(8)2)17-16(21)15(20)14-12(19)6-11(18)7-13(14)22-17/h3-7,16-19,21H,1-2H3. The third-order valence-electron chi connectivity index (χ3n) is 3.98. The number of aliphatic hydroxyl groups is 1. The predicted octanol–water partition coefficient (Wildman–Crippen LogP) is 2.39. The van der Waals surface area contributed by atoms with Crippen LogP contribution in [0.15, 0.2) is 30.3 Å². The van der Waals surface area contributed by atoms with Crippen molar-refractivity contribution in [2.24, 2.45) is 0 Å². The minimum Gasteiger partial charge on any atom is -0.508 e. The van der Waals surface area contributed by atoms with E-state index in [0.717, 1.165) is 17.2 Å². The van der Waals surface area contributed by atoms with Crippen LogP contribution >= 0.6 is 0 Å². The Morgan fingerprint density at radius 3 is 2.45 bits per heavy atom. The lowest BCUT2D eigenvalue weighted by molar-refractivity contribution is 0.0210. The Hall–Kier alpha value is -2.53. The molecule has 3 rings (SSSR count). The highest BCUT2D eigenvalue weighted by Gasteiger charge is 2.39. The number of fused-ring (bicyclic) bond motifs is 1. The van der Waals surface area contributed by atoms with Crippen molar-refractivity contribution < 1.29 is 24.9 Å². The topological polar surface area (TPSA) is 87.0 Å². The van der Waals surface area contributed by atoms with E-state index in [-0.39, 0.29) is 17.1 Å². The van der Waals surface area contributed by atoms with Gasteiger partial charge >= 0.3 is 0 Å². The molecule has 0 radical (unpaired) electrons. The molecule has 0 bridgehead atoms. The molecule has 0 spiro atoms. The van der Waals surface area contributed by atoms with E-state index >= 15 is 0 Å². The molecule has 0 saturated heterocycles. The molecule has 3 N–H and O–H groups in total. The number of benzene rings is 2. The summed E-state index contributed by atoms with van der Waals surface area (Å²) in [6.45, 7) is 3.90. The zero-order chi connectivity index (χ0) is 16.0. The lowest BCUT2D eigenvalue weighted by Gasteiger charge is -2.30. The summed E-state index contributed by atoms with van der Waals surface area (Å²) in [5.74, 6) is -1.17. The van der Waals surface area contributed by atoms with Gasteiger partial charge < -0.3 is 20.1 Å². The van der Waals surface area contributed by atoms with E-state index in [0.29, 0.717) is 5.56 Å². The van der Waals surface area contributed by atoms with Crippen molar-refractivity contribution in [1.82, 2.24) is 0 Å². The molecule has 22 heavy (non-hydrogen) atoms. The van der Waals surface area contributed by atoms with Crippen LogP contribution in [-0.2, 0) is 0 Å². The highest BCUT2D eigenvalue weighted by molar-refractivity contribution is 6.05. The third kappa shape index (κ3) is 2.19. The Balaban J connectivity index is 2.08. The molecule has 1 aliphatic rings. The molecular weight excluding hydrogens is 284 g/mol. The number of hydrogen-bond acceptors (Lipinski definition) is 5. The largest absolute Gasteiger partial charge is 0.508 e. The van der Waals surface area contributed by atoms with Gasteiger partial charge in [-0.2, -0.15) is 0 Å². The Morgan fingerprint density at radius 1 is 1.05 bits per heavy atom. The molecule has 0 amide bonds. The summed E-state index contributed by atoms with van der Waals surface area (Å²) in [4.78, 5) is 12.3. The number of Topliss-reactive ketones (excluding diaryl/α,β-unsaturated/α-hetero) is 1. The van der Waals surface area contributed by atoms with Crippen LogP contribution in [0.5, 0.6) is 17.2 Å². The van der Waals surface area contributed by atoms with E-state index in [1.54, 1.807) is 6.07 Å². The Morgan fingerprint density at radius 2 is 1.77 bits per heavy atom. The van der Waals surface area contributed by atoms with Crippen molar-refractivity contribution in [3.05, 3.63) is 52.6 Å². The molecule has 2 aromatic rings. The van der Waals surface area contributed by atoms with Crippen LogP contribution < -0.4 is 4.74 Å². The number of phenols is 2. The van der Waals surface area contributed by atoms with Gasteiger partial charge in [-0.15, -0.1) is 0 Å². The monoisotopic (exact) mass is 300 g/mol. The van der Waals surface area contributed by atoms with Crippen LogP contribution in [0.2, 0.25) is 0 Å². The first-order chi connectivity index (χ1) is 10.4. The van der Waals surface area contributed by atoms with Crippen LogP contribution in [0.1, 0.15) is 33.2 Å². The van der Waals surface area contributed by atoms with E-state index in [1.807, 2.05) is 26.0 Å². The maximum atomic E-state index is 12.3. The van der Waals surface area contributed by atoms with Gasteiger partial charge in [0.25, 0.3) is 0 Å². The van der Waals surface area contributed by atoms with Crippen molar-refractivity contribution >= 4 is 5.78 Å². The van der Waals surface area contributed by atoms with Crippen molar-refractivity contribution in [1.29, 1.82) is 0 Å². The number of aromatic hydroxyl groups is 2. The lowest BCUT2D eigenvalue weighted by atomic mass is 9.91. The van der Waals surface area contributed by atoms with Crippen LogP contribution in [0.4, 0.5) is 0 Å². The molecular formula is C17H16O5. The number of ketones is 1.